The highest BCUT2D eigenvalue weighted by atomic mass is 32.2. The molecule has 1 heterocycles. The number of benzene rings is 1. The van der Waals surface area contributed by atoms with Crippen LogP contribution in [0.3, 0.4) is 0 Å². The molecule has 1 aliphatic rings. The smallest absolute Gasteiger partial charge is 0.211 e. The first kappa shape index (κ1) is 17.4. The Morgan fingerprint density at radius 1 is 1.23 bits per heavy atom. The van der Waals surface area contributed by atoms with Crippen molar-refractivity contribution in [3.8, 4) is 0 Å². The molecule has 2 rings (SSSR count). The molecule has 0 bridgehead atoms. The van der Waals surface area contributed by atoms with Crippen LogP contribution >= 0.6 is 0 Å². The highest BCUT2D eigenvalue weighted by Crippen LogP contribution is 2.21. The monoisotopic (exact) mass is 324 g/mol. The predicted molar refractivity (Wildman–Crippen MR) is 91.5 cm³/mol. The van der Waals surface area contributed by atoms with E-state index in [2.05, 4.69) is 49.2 Å². The molecule has 1 aliphatic heterocycles. The van der Waals surface area contributed by atoms with Gasteiger partial charge in [-0.15, -0.1) is 0 Å². The summed E-state index contributed by atoms with van der Waals surface area (Å²) in [7, 11) is -0.857. The molecule has 1 atom stereocenters. The Kier molecular flexibility index (Phi) is 6.01. The van der Waals surface area contributed by atoms with Crippen molar-refractivity contribution in [3.05, 3.63) is 35.9 Å². The van der Waals surface area contributed by atoms with Crippen molar-refractivity contribution in [1.29, 1.82) is 0 Å². The highest BCUT2D eigenvalue weighted by Gasteiger charge is 2.26. The van der Waals surface area contributed by atoms with Crippen molar-refractivity contribution in [2.24, 2.45) is 0 Å². The standard InChI is InChI=1S/C17H28N2O2S/c1-15(16-7-5-4-6-8-16)9-12-18(2)17-10-13-19(14-11-17)22(3,20)21/h4-8,15,17H,9-14H2,1-3H3/t15-/m1/s1. The van der Waals surface area contributed by atoms with Gasteiger partial charge < -0.3 is 4.90 Å². The van der Waals surface area contributed by atoms with Gasteiger partial charge in [0, 0.05) is 19.1 Å². The fraction of sp³-hybridized carbons (Fsp3) is 0.647. The molecule has 0 amide bonds. The summed E-state index contributed by atoms with van der Waals surface area (Å²) < 4.78 is 24.7. The predicted octanol–water partition coefficient (Wildman–Crippen LogP) is 2.54. The fourth-order valence-corrected chi connectivity index (χ4v) is 4.02. The average Bonchev–Trinajstić information content (AvgIpc) is 2.52. The van der Waals surface area contributed by atoms with Crippen LogP contribution in [0.5, 0.6) is 0 Å². The van der Waals surface area contributed by atoms with Crippen LogP contribution in [0.15, 0.2) is 30.3 Å². The molecule has 1 fully saturated rings. The molecule has 0 aliphatic carbocycles. The lowest BCUT2D eigenvalue weighted by atomic mass is 9.97. The fourth-order valence-electron chi connectivity index (χ4n) is 3.14. The molecule has 22 heavy (non-hydrogen) atoms. The zero-order valence-corrected chi connectivity index (χ0v) is 14.7. The maximum absolute atomic E-state index is 11.5. The normalized spacial score (nSPS) is 19.5. The molecule has 1 aromatic carbocycles. The maximum atomic E-state index is 11.5. The number of hydrogen-bond acceptors (Lipinski definition) is 3. The van der Waals surface area contributed by atoms with E-state index in [-0.39, 0.29) is 0 Å². The Hall–Kier alpha value is -0.910. The second kappa shape index (κ2) is 7.57. The summed E-state index contributed by atoms with van der Waals surface area (Å²) in [6, 6.07) is 11.1. The second-order valence-electron chi connectivity index (χ2n) is 6.47. The molecule has 1 saturated heterocycles. The van der Waals surface area contributed by atoms with Crippen LogP contribution in [-0.4, -0.2) is 56.6 Å². The third kappa shape index (κ3) is 4.80. The van der Waals surface area contributed by atoms with E-state index in [4.69, 9.17) is 0 Å². The molecule has 4 nitrogen and oxygen atoms in total. The van der Waals surface area contributed by atoms with Crippen molar-refractivity contribution in [2.75, 3.05) is 32.9 Å². The van der Waals surface area contributed by atoms with Gasteiger partial charge >= 0.3 is 0 Å². The third-order valence-corrected chi connectivity index (χ3v) is 6.10. The first-order chi connectivity index (χ1) is 10.4. The van der Waals surface area contributed by atoms with E-state index in [1.807, 2.05) is 0 Å². The van der Waals surface area contributed by atoms with Crippen LogP contribution < -0.4 is 0 Å². The van der Waals surface area contributed by atoms with Gasteiger partial charge in [0.15, 0.2) is 0 Å². The number of sulfonamides is 1. The molecular formula is C17H28N2O2S. The lowest BCUT2D eigenvalue weighted by Crippen LogP contribution is -2.45. The summed E-state index contributed by atoms with van der Waals surface area (Å²) in [5.41, 5.74) is 1.39. The van der Waals surface area contributed by atoms with E-state index in [0.29, 0.717) is 25.0 Å². The van der Waals surface area contributed by atoms with Crippen molar-refractivity contribution in [3.63, 3.8) is 0 Å². The van der Waals surface area contributed by atoms with Crippen LogP contribution in [0.1, 0.15) is 37.7 Å². The summed E-state index contributed by atoms with van der Waals surface area (Å²) in [6.07, 6.45) is 4.30. The lowest BCUT2D eigenvalue weighted by Gasteiger charge is -2.36. The minimum atomic E-state index is -3.02. The quantitative estimate of drug-likeness (QED) is 0.807. The summed E-state index contributed by atoms with van der Waals surface area (Å²) in [4.78, 5) is 2.40. The molecular weight excluding hydrogens is 296 g/mol. The van der Waals surface area contributed by atoms with Gasteiger partial charge in [0.2, 0.25) is 10.0 Å². The molecule has 5 heteroatoms. The summed E-state index contributed by atoms with van der Waals surface area (Å²) in [5, 5.41) is 0. The number of nitrogens with zero attached hydrogens (tertiary/aromatic N) is 2. The SMILES string of the molecule is C[C@H](CCN(C)C1CCN(S(C)(=O)=O)CC1)c1ccccc1. The zero-order chi connectivity index (χ0) is 16.2. The maximum Gasteiger partial charge on any atom is 0.211 e. The van der Waals surface area contributed by atoms with Gasteiger partial charge in [0.1, 0.15) is 0 Å². The van der Waals surface area contributed by atoms with E-state index >= 15 is 0 Å². The van der Waals surface area contributed by atoms with Crippen molar-refractivity contribution in [1.82, 2.24) is 9.21 Å². The highest BCUT2D eigenvalue weighted by molar-refractivity contribution is 7.88. The van der Waals surface area contributed by atoms with Crippen LogP contribution in [-0.2, 0) is 10.0 Å². The molecule has 124 valence electrons. The Labute approximate surface area is 135 Å². The minimum Gasteiger partial charge on any atom is -0.303 e. The largest absolute Gasteiger partial charge is 0.303 e. The number of hydrogen-bond donors (Lipinski definition) is 0. The van der Waals surface area contributed by atoms with Gasteiger partial charge in [-0.05, 0) is 44.3 Å². The Bertz CT molecular complexity index is 551. The molecule has 0 saturated carbocycles. The Morgan fingerprint density at radius 2 is 1.82 bits per heavy atom. The van der Waals surface area contributed by atoms with Crippen LogP contribution in [0.2, 0.25) is 0 Å². The van der Waals surface area contributed by atoms with E-state index < -0.39 is 10.0 Å². The van der Waals surface area contributed by atoms with E-state index in [9.17, 15) is 8.42 Å². The lowest BCUT2D eigenvalue weighted by molar-refractivity contribution is 0.165. The van der Waals surface area contributed by atoms with Gasteiger partial charge in [-0.2, -0.15) is 0 Å². The summed E-state index contributed by atoms with van der Waals surface area (Å²) in [5.74, 6) is 0.555. The van der Waals surface area contributed by atoms with Crippen molar-refractivity contribution < 1.29 is 8.42 Å². The zero-order valence-electron chi connectivity index (χ0n) is 13.9. The summed E-state index contributed by atoms with van der Waals surface area (Å²) >= 11 is 0. The molecule has 0 radical (unpaired) electrons. The van der Waals surface area contributed by atoms with Crippen LogP contribution in [0, 0.1) is 0 Å². The van der Waals surface area contributed by atoms with Crippen LogP contribution in [0.25, 0.3) is 0 Å². The molecule has 0 unspecified atom stereocenters. The van der Waals surface area contributed by atoms with E-state index in [1.54, 1.807) is 4.31 Å². The summed E-state index contributed by atoms with van der Waals surface area (Å²) in [6.45, 7) is 4.64. The Balaban J connectivity index is 1.78. The number of piperidine rings is 1. The van der Waals surface area contributed by atoms with Gasteiger partial charge in [0.25, 0.3) is 0 Å². The number of rotatable bonds is 6. The molecule has 0 spiro atoms. The van der Waals surface area contributed by atoms with Crippen molar-refractivity contribution >= 4 is 10.0 Å². The first-order valence-corrected chi connectivity index (χ1v) is 9.93. The average molecular weight is 324 g/mol. The van der Waals surface area contributed by atoms with Gasteiger partial charge in [-0.1, -0.05) is 37.3 Å². The second-order valence-corrected chi connectivity index (χ2v) is 8.46. The van der Waals surface area contributed by atoms with E-state index in [0.717, 1.165) is 25.8 Å². The van der Waals surface area contributed by atoms with Gasteiger partial charge in [-0.3, -0.25) is 0 Å². The minimum absolute atomic E-state index is 0.501. The molecule has 0 N–H and O–H groups in total. The van der Waals surface area contributed by atoms with E-state index in [1.165, 1.54) is 11.8 Å². The third-order valence-electron chi connectivity index (χ3n) is 4.80. The first-order valence-electron chi connectivity index (χ1n) is 8.08. The Morgan fingerprint density at radius 3 is 2.36 bits per heavy atom. The van der Waals surface area contributed by atoms with Gasteiger partial charge in [-0.25, -0.2) is 12.7 Å². The van der Waals surface area contributed by atoms with Crippen molar-refractivity contribution in [2.45, 2.75) is 38.1 Å². The van der Waals surface area contributed by atoms with Gasteiger partial charge in [0.05, 0.1) is 6.26 Å². The molecule has 0 aromatic heterocycles. The topological polar surface area (TPSA) is 40.6 Å². The molecule has 1 aromatic rings. The van der Waals surface area contributed by atoms with Crippen LogP contribution in [0.4, 0.5) is 0 Å².